The van der Waals surface area contributed by atoms with Crippen LogP contribution in [-0.4, -0.2) is 30.4 Å². The lowest BCUT2D eigenvalue weighted by Gasteiger charge is -2.33. The Balaban J connectivity index is 0.00000352. The number of halogens is 1. The van der Waals surface area contributed by atoms with Crippen LogP contribution in [0.3, 0.4) is 0 Å². The van der Waals surface area contributed by atoms with Gasteiger partial charge in [0.25, 0.3) is 5.91 Å². The molecule has 1 amide bonds. The van der Waals surface area contributed by atoms with E-state index in [-0.39, 0.29) is 0 Å². The molecule has 6 heteroatoms. The van der Waals surface area contributed by atoms with Crippen LogP contribution in [0.5, 0.6) is 0 Å². The van der Waals surface area contributed by atoms with E-state index in [0.717, 1.165) is 16.7 Å². The van der Waals surface area contributed by atoms with Gasteiger partial charge in [-0.05, 0) is 24.6 Å². The monoisotopic (exact) mass is 387 g/mol. The molecule has 0 fully saturated rings. The molecule has 152 valence electrons. The Kier molecular flexibility index (Phi) is 11.9. The summed E-state index contributed by atoms with van der Waals surface area (Å²) in [5.74, 6) is 4.77. The maximum absolute atomic E-state index is 13.1. The predicted octanol–water partition coefficient (Wildman–Crippen LogP) is 3.09. The van der Waals surface area contributed by atoms with Gasteiger partial charge in [-0.1, -0.05) is 43.6 Å². The van der Waals surface area contributed by atoms with Gasteiger partial charge in [0.2, 0.25) is 0 Å². The first kappa shape index (κ1) is 25.1. The smallest absolute Gasteiger partial charge is 0.263 e. The van der Waals surface area contributed by atoms with Crippen LogP contribution < -0.4 is 16.1 Å². The standard InChI is InChI=1S/C20H26FN3O2.C2H4/c1-5-16(13-22-4)6-7-17-8-10-18(11-9-17)14-23-20(3,15(2)12-21)19(25)24-26;1-2/h5,8-11,13,15,22-23,26H,1,12,14H2,2-4H3,(H,24,25);1-2H2/b16-13+;. The molecule has 5 nitrogen and oxygen atoms in total. The van der Waals surface area contributed by atoms with Crippen molar-refractivity contribution in [2.24, 2.45) is 5.92 Å². The maximum Gasteiger partial charge on any atom is 0.263 e. The minimum absolute atomic E-state index is 0.347. The summed E-state index contributed by atoms with van der Waals surface area (Å²) in [4.78, 5) is 11.9. The fourth-order valence-electron chi connectivity index (χ4n) is 2.19. The Morgan fingerprint density at radius 2 is 1.96 bits per heavy atom. The van der Waals surface area contributed by atoms with Gasteiger partial charge in [-0.2, -0.15) is 0 Å². The quantitative estimate of drug-likeness (QED) is 0.182. The highest BCUT2D eigenvalue weighted by Gasteiger charge is 2.38. The van der Waals surface area contributed by atoms with Crippen LogP contribution >= 0.6 is 0 Å². The van der Waals surface area contributed by atoms with Gasteiger partial charge in [0.1, 0.15) is 5.54 Å². The van der Waals surface area contributed by atoms with Gasteiger partial charge in [0.05, 0.1) is 6.67 Å². The number of hydroxylamine groups is 1. The Labute approximate surface area is 167 Å². The molecule has 0 spiro atoms. The van der Waals surface area contributed by atoms with Gasteiger partial charge in [-0.15, -0.1) is 13.2 Å². The summed E-state index contributed by atoms with van der Waals surface area (Å²) >= 11 is 0. The zero-order chi connectivity index (χ0) is 21.6. The van der Waals surface area contributed by atoms with Gasteiger partial charge in [-0.25, -0.2) is 5.48 Å². The third-order valence-electron chi connectivity index (χ3n) is 4.27. The fourth-order valence-corrected chi connectivity index (χ4v) is 2.19. The first-order valence-corrected chi connectivity index (χ1v) is 8.77. The molecule has 1 aromatic carbocycles. The summed E-state index contributed by atoms with van der Waals surface area (Å²) < 4.78 is 13.1. The molecule has 28 heavy (non-hydrogen) atoms. The summed E-state index contributed by atoms with van der Waals surface area (Å²) in [6, 6.07) is 7.49. The first-order chi connectivity index (χ1) is 13.4. The molecule has 0 radical (unpaired) electrons. The molecule has 0 aliphatic rings. The summed E-state index contributed by atoms with van der Waals surface area (Å²) in [6.07, 6.45) is 3.43. The fraction of sp³-hybridized carbons (Fsp3) is 0.318. The van der Waals surface area contributed by atoms with Gasteiger partial charge in [0.15, 0.2) is 0 Å². The molecule has 2 unspecified atom stereocenters. The second kappa shape index (κ2) is 13.3. The highest BCUT2D eigenvalue weighted by atomic mass is 19.1. The maximum atomic E-state index is 13.1. The van der Waals surface area contributed by atoms with E-state index < -0.39 is 24.0 Å². The van der Waals surface area contributed by atoms with Crippen molar-refractivity contribution in [3.05, 3.63) is 73.0 Å². The highest BCUT2D eigenvalue weighted by molar-refractivity contribution is 5.85. The number of carbonyl (C=O) groups excluding carboxylic acids is 1. The van der Waals surface area contributed by atoms with E-state index in [2.05, 4.69) is 42.2 Å². The number of hydrogen-bond donors (Lipinski definition) is 4. The number of benzene rings is 1. The van der Waals surface area contributed by atoms with Crippen molar-refractivity contribution < 1.29 is 14.4 Å². The molecule has 1 aromatic rings. The SMILES string of the molecule is C=C.C=C/C(C#Cc1ccc(CNC(C)(C(=O)NO)C(C)CF)cc1)=C\NC. The number of nitrogens with one attached hydrogen (secondary N) is 3. The summed E-state index contributed by atoms with van der Waals surface area (Å²) in [5, 5.41) is 14.8. The summed E-state index contributed by atoms with van der Waals surface area (Å²) in [6.45, 7) is 12.5. The average Bonchev–Trinajstić information content (AvgIpc) is 2.75. The number of allylic oxidation sites excluding steroid dienone is 2. The molecule has 0 aliphatic heterocycles. The van der Waals surface area contributed by atoms with Crippen molar-refractivity contribution in [1.29, 1.82) is 0 Å². The zero-order valence-electron chi connectivity index (χ0n) is 16.8. The molecule has 2 atom stereocenters. The third-order valence-corrected chi connectivity index (χ3v) is 4.27. The van der Waals surface area contributed by atoms with E-state index in [1.807, 2.05) is 24.3 Å². The lowest BCUT2D eigenvalue weighted by molar-refractivity contribution is -0.138. The Morgan fingerprint density at radius 1 is 1.36 bits per heavy atom. The second-order valence-electron chi connectivity index (χ2n) is 6.09. The summed E-state index contributed by atoms with van der Waals surface area (Å²) in [7, 11) is 1.79. The van der Waals surface area contributed by atoms with E-state index in [1.54, 1.807) is 38.7 Å². The molecule has 0 aliphatic carbocycles. The van der Waals surface area contributed by atoms with Gasteiger partial charge in [-0.3, -0.25) is 19.7 Å². The van der Waals surface area contributed by atoms with Crippen LogP contribution in [0.25, 0.3) is 0 Å². The number of carbonyl (C=O) groups is 1. The molecule has 0 aromatic heterocycles. The van der Waals surface area contributed by atoms with E-state index in [9.17, 15) is 9.18 Å². The van der Waals surface area contributed by atoms with Crippen LogP contribution in [0.1, 0.15) is 25.0 Å². The largest absolute Gasteiger partial charge is 0.393 e. The second-order valence-corrected chi connectivity index (χ2v) is 6.09. The molecule has 1 rings (SSSR count). The Morgan fingerprint density at radius 3 is 2.43 bits per heavy atom. The van der Waals surface area contributed by atoms with Gasteiger partial charge < -0.3 is 5.32 Å². The third kappa shape index (κ3) is 7.39. The molecule has 0 bridgehead atoms. The van der Waals surface area contributed by atoms with E-state index in [0.29, 0.717) is 6.54 Å². The van der Waals surface area contributed by atoms with E-state index >= 15 is 0 Å². The Hall–Kier alpha value is -2.88. The van der Waals surface area contributed by atoms with Crippen molar-refractivity contribution in [1.82, 2.24) is 16.1 Å². The molecule has 4 N–H and O–H groups in total. The first-order valence-electron chi connectivity index (χ1n) is 8.77. The molecular weight excluding hydrogens is 357 g/mol. The zero-order valence-corrected chi connectivity index (χ0v) is 16.8. The lowest BCUT2D eigenvalue weighted by Crippen LogP contribution is -2.58. The van der Waals surface area contributed by atoms with Crippen LogP contribution in [0.15, 0.2) is 61.9 Å². The van der Waals surface area contributed by atoms with E-state index in [4.69, 9.17) is 5.21 Å². The van der Waals surface area contributed by atoms with Crippen molar-refractivity contribution in [3.63, 3.8) is 0 Å². The topological polar surface area (TPSA) is 73.4 Å². The van der Waals surface area contributed by atoms with E-state index in [1.165, 1.54) is 0 Å². The predicted molar refractivity (Wildman–Crippen MR) is 112 cm³/mol. The molecule has 0 heterocycles. The number of amides is 1. The number of hydrogen-bond acceptors (Lipinski definition) is 4. The lowest BCUT2D eigenvalue weighted by atomic mass is 9.86. The van der Waals surface area contributed by atoms with Crippen molar-refractivity contribution >= 4 is 5.91 Å². The molecular formula is C22H30FN3O2. The minimum Gasteiger partial charge on any atom is -0.393 e. The summed E-state index contributed by atoms with van der Waals surface area (Å²) in [5.41, 5.74) is 2.91. The molecule has 0 saturated heterocycles. The average molecular weight is 387 g/mol. The van der Waals surface area contributed by atoms with Gasteiger partial charge >= 0.3 is 0 Å². The van der Waals surface area contributed by atoms with Crippen LogP contribution in [0, 0.1) is 17.8 Å². The Bertz CT molecular complexity index is 720. The molecule has 0 saturated carbocycles. The van der Waals surface area contributed by atoms with Crippen molar-refractivity contribution in [3.8, 4) is 11.8 Å². The normalized spacial score (nSPS) is 13.5. The van der Waals surface area contributed by atoms with Crippen LogP contribution in [-0.2, 0) is 11.3 Å². The number of alkyl halides is 1. The number of rotatable bonds is 8. The van der Waals surface area contributed by atoms with Gasteiger partial charge in [0, 0.05) is 36.8 Å². The van der Waals surface area contributed by atoms with Crippen LogP contribution in [0.4, 0.5) is 4.39 Å². The van der Waals surface area contributed by atoms with Crippen molar-refractivity contribution in [2.75, 3.05) is 13.7 Å². The van der Waals surface area contributed by atoms with Crippen LogP contribution in [0.2, 0.25) is 0 Å². The highest BCUT2D eigenvalue weighted by Crippen LogP contribution is 2.19. The minimum atomic E-state index is -1.22. The van der Waals surface area contributed by atoms with Crippen molar-refractivity contribution in [2.45, 2.75) is 25.9 Å².